The lowest BCUT2D eigenvalue weighted by Gasteiger charge is -2.08. The van der Waals surface area contributed by atoms with Gasteiger partial charge in [-0.15, -0.1) is 10.2 Å². The Labute approximate surface area is 110 Å². The second-order valence-corrected chi connectivity index (χ2v) is 4.16. The number of carboxylic acids is 1. The van der Waals surface area contributed by atoms with Gasteiger partial charge in [-0.3, -0.25) is 5.32 Å². The molecule has 0 radical (unpaired) electrons. The summed E-state index contributed by atoms with van der Waals surface area (Å²) >= 11 is 1.12. The number of rotatable bonds is 3. The van der Waals surface area contributed by atoms with Crippen molar-refractivity contribution in [2.75, 3.05) is 10.6 Å². The van der Waals surface area contributed by atoms with E-state index < -0.39 is 17.7 Å². The summed E-state index contributed by atoms with van der Waals surface area (Å²) in [6.45, 7) is 0. The number of amides is 2. The fraction of sp³-hybridized carbons (Fsp3) is 0. The number of nitrogens with zero attached hydrogens (tertiary/aromatic N) is 2. The third-order valence-corrected chi connectivity index (χ3v) is 2.70. The van der Waals surface area contributed by atoms with Crippen LogP contribution in [0.1, 0.15) is 10.4 Å². The number of aromatic nitrogens is 2. The van der Waals surface area contributed by atoms with Gasteiger partial charge in [0.2, 0.25) is 5.13 Å². The summed E-state index contributed by atoms with van der Waals surface area (Å²) in [6.07, 6.45) is 0. The summed E-state index contributed by atoms with van der Waals surface area (Å²) in [5, 5.41) is 30.6. The Morgan fingerprint density at radius 1 is 1.26 bits per heavy atom. The quantitative estimate of drug-likeness (QED) is 0.633. The van der Waals surface area contributed by atoms with Crippen molar-refractivity contribution in [2.45, 2.75) is 0 Å². The van der Waals surface area contributed by atoms with Crippen LogP contribution in [0.5, 0.6) is 5.75 Å². The molecule has 0 aliphatic heterocycles. The predicted octanol–water partition coefficient (Wildman–Crippen LogP) is 1.59. The Morgan fingerprint density at radius 3 is 2.68 bits per heavy atom. The van der Waals surface area contributed by atoms with Gasteiger partial charge in [0.25, 0.3) is 0 Å². The number of phenols is 1. The zero-order chi connectivity index (χ0) is 13.8. The number of anilines is 2. The summed E-state index contributed by atoms with van der Waals surface area (Å²) in [5.74, 6) is -1.80. The van der Waals surface area contributed by atoms with E-state index in [-0.39, 0.29) is 16.4 Å². The molecule has 0 fully saturated rings. The molecule has 19 heavy (non-hydrogen) atoms. The summed E-state index contributed by atoms with van der Waals surface area (Å²) < 4.78 is 0. The van der Waals surface area contributed by atoms with Crippen molar-refractivity contribution in [3.8, 4) is 5.75 Å². The molecule has 0 aliphatic rings. The highest BCUT2D eigenvalue weighted by Gasteiger charge is 2.14. The van der Waals surface area contributed by atoms with Gasteiger partial charge < -0.3 is 15.5 Å². The van der Waals surface area contributed by atoms with Crippen LogP contribution in [0.2, 0.25) is 0 Å². The molecule has 0 unspecified atom stereocenters. The summed E-state index contributed by atoms with van der Waals surface area (Å²) in [5.41, 5.74) is 1.13. The normalized spacial score (nSPS) is 9.89. The van der Waals surface area contributed by atoms with E-state index in [2.05, 4.69) is 20.8 Å². The minimum absolute atomic E-state index is 0.0121. The lowest BCUT2D eigenvalue weighted by atomic mass is 10.2. The Bertz CT molecular complexity index is 614. The van der Waals surface area contributed by atoms with Crippen LogP contribution in [0.4, 0.5) is 15.6 Å². The van der Waals surface area contributed by atoms with Gasteiger partial charge in [0.1, 0.15) is 11.1 Å². The third-order valence-electron chi connectivity index (χ3n) is 2.10. The van der Waals surface area contributed by atoms with E-state index in [1.165, 1.54) is 23.7 Å². The van der Waals surface area contributed by atoms with E-state index in [1.807, 2.05) is 0 Å². The SMILES string of the molecule is O=C(Nc1nncs1)Nc1cccc(C(=O)O)c1O. The highest BCUT2D eigenvalue weighted by atomic mass is 32.1. The van der Waals surface area contributed by atoms with Crippen LogP contribution in [-0.4, -0.2) is 32.4 Å². The summed E-state index contributed by atoms with van der Waals surface area (Å²) in [6, 6.07) is 3.35. The van der Waals surface area contributed by atoms with Crippen molar-refractivity contribution in [1.82, 2.24) is 10.2 Å². The molecule has 1 aromatic carbocycles. The van der Waals surface area contributed by atoms with Crippen LogP contribution < -0.4 is 10.6 Å². The fourth-order valence-corrected chi connectivity index (χ4v) is 1.74. The van der Waals surface area contributed by atoms with Crippen LogP contribution >= 0.6 is 11.3 Å². The van der Waals surface area contributed by atoms with E-state index in [1.54, 1.807) is 0 Å². The number of aromatic hydroxyl groups is 1. The van der Waals surface area contributed by atoms with Crippen molar-refractivity contribution in [2.24, 2.45) is 0 Å². The monoisotopic (exact) mass is 280 g/mol. The average molecular weight is 280 g/mol. The number of para-hydroxylation sites is 1. The lowest BCUT2D eigenvalue weighted by Crippen LogP contribution is -2.19. The molecule has 0 atom stereocenters. The van der Waals surface area contributed by atoms with Gasteiger partial charge in [0.15, 0.2) is 5.75 Å². The van der Waals surface area contributed by atoms with Crippen molar-refractivity contribution >= 4 is 34.2 Å². The number of hydrogen-bond acceptors (Lipinski definition) is 6. The molecule has 98 valence electrons. The number of urea groups is 1. The van der Waals surface area contributed by atoms with Crippen LogP contribution in [-0.2, 0) is 0 Å². The molecule has 0 saturated heterocycles. The van der Waals surface area contributed by atoms with Gasteiger partial charge in [-0.1, -0.05) is 17.4 Å². The average Bonchev–Trinajstić information content (AvgIpc) is 2.84. The molecule has 2 amide bonds. The molecule has 1 aromatic heterocycles. The largest absolute Gasteiger partial charge is 0.505 e. The van der Waals surface area contributed by atoms with E-state index in [0.717, 1.165) is 11.3 Å². The number of hydrogen-bond donors (Lipinski definition) is 4. The number of aromatic carboxylic acids is 1. The van der Waals surface area contributed by atoms with Gasteiger partial charge >= 0.3 is 12.0 Å². The molecule has 2 rings (SSSR count). The van der Waals surface area contributed by atoms with E-state index >= 15 is 0 Å². The lowest BCUT2D eigenvalue weighted by molar-refractivity contribution is 0.0694. The minimum Gasteiger partial charge on any atom is -0.505 e. The van der Waals surface area contributed by atoms with Crippen molar-refractivity contribution in [3.05, 3.63) is 29.3 Å². The molecule has 4 N–H and O–H groups in total. The molecule has 9 heteroatoms. The first kappa shape index (κ1) is 12.8. The van der Waals surface area contributed by atoms with Crippen molar-refractivity contribution in [1.29, 1.82) is 0 Å². The van der Waals surface area contributed by atoms with Crippen LogP contribution in [0.25, 0.3) is 0 Å². The number of nitrogens with one attached hydrogen (secondary N) is 2. The first-order valence-corrected chi connectivity index (χ1v) is 5.85. The van der Waals surface area contributed by atoms with E-state index in [9.17, 15) is 14.7 Å². The second kappa shape index (κ2) is 5.31. The molecular weight excluding hydrogens is 272 g/mol. The van der Waals surface area contributed by atoms with Crippen LogP contribution in [0, 0.1) is 0 Å². The van der Waals surface area contributed by atoms with Crippen LogP contribution in [0.3, 0.4) is 0 Å². The zero-order valence-electron chi connectivity index (χ0n) is 9.32. The topological polar surface area (TPSA) is 124 Å². The van der Waals surface area contributed by atoms with Crippen molar-refractivity contribution < 1.29 is 19.8 Å². The van der Waals surface area contributed by atoms with E-state index in [4.69, 9.17) is 5.11 Å². The predicted molar refractivity (Wildman–Crippen MR) is 67.6 cm³/mol. The Kier molecular flexibility index (Phi) is 3.57. The number of carboxylic acid groups (broad SMARTS) is 1. The number of benzene rings is 1. The Balaban J connectivity index is 2.13. The smallest absolute Gasteiger partial charge is 0.339 e. The van der Waals surface area contributed by atoms with Crippen molar-refractivity contribution in [3.63, 3.8) is 0 Å². The summed E-state index contributed by atoms with van der Waals surface area (Å²) in [7, 11) is 0. The maximum absolute atomic E-state index is 11.6. The van der Waals surface area contributed by atoms with Gasteiger partial charge in [-0.2, -0.15) is 0 Å². The van der Waals surface area contributed by atoms with Gasteiger partial charge in [0.05, 0.1) is 5.69 Å². The maximum atomic E-state index is 11.6. The first-order chi connectivity index (χ1) is 9.08. The minimum atomic E-state index is -1.29. The molecule has 2 aromatic rings. The standard InChI is InChI=1S/C10H8N4O4S/c15-7-5(8(16)17)2-1-3-6(7)12-9(18)13-10-14-11-4-19-10/h1-4,15H,(H,16,17)(H2,12,13,14,18). The Hall–Kier alpha value is -2.68. The maximum Gasteiger partial charge on any atom is 0.339 e. The molecule has 8 nitrogen and oxygen atoms in total. The molecule has 0 bridgehead atoms. The highest BCUT2D eigenvalue weighted by molar-refractivity contribution is 7.13. The number of carbonyl (C=O) groups excluding carboxylic acids is 1. The fourth-order valence-electron chi connectivity index (χ4n) is 1.30. The Morgan fingerprint density at radius 2 is 2.05 bits per heavy atom. The van der Waals surface area contributed by atoms with E-state index in [0.29, 0.717) is 0 Å². The van der Waals surface area contributed by atoms with Gasteiger partial charge in [-0.05, 0) is 12.1 Å². The molecule has 0 spiro atoms. The second-order valence-electron chi connectivity index (χ2n) is 3.33. The molecular formula is C10H8N4O4S. The summed E-state index contributed by atoms with van der Waals surface area (Å²) in [4.78, 5) is 22.4. The highest BCUT2D eigenvalue weighted by Crippen LogP contribution is 2.27. The molecule has 1 heterocycles. The third kappa shape index (κ3) is 2.96. The molecule has 0 saturated carbocycles. The first-order valence-electron chi connectivity index (χ1n) is 4.97. The number of carbonyl (C=O) groups is 2. The van der Waals surface area contributed by atoms with Gasteiger partial charge in [0, 0.05) is 0 Å². The van der Waals surface area contributed by atoms with Crippen LogP contribution in [0.15, 0.2) is 23.7 Å². The molecule has 0 aliphatic carbocycles. The zero-order valence-corrected chi connectivity index (χ0v) is 10.1. The van der Waals surface area contributed by atoms with Gasteiger partial charge in [-0.25, -0.2) is 9.59 Å².